The second-order valence-electron chi connectivity index (χ2n) is 4.32. The van der Waals surface area contributed by atoms with Gasteiger partial charge in [0.2, 0.25) is 0 Å². The minimum atomic E-state index is -3.86. The number of pyridine rings is 1. The highest BCUT2D eigenvalue weighted by molar-refractivity contribution is 7.90. The van der Waals surface area contributed by atoms with E-state index in [9.17, 15) is 13.2 Å². The highest BCUT2D eigenvalue weighted by Gasteiger charge is 2.18. The first-order valence-corrected chi connectivity index (χ1v) is 7.46. The molecule has 0 fully saturated rings. The average Bonchev–Trinajstić information content (AvgIpc) is 2.48. The fourth-order valence-corrected chi connectivity index (χ4v) is 3.33. The zero-order valence-electron chi connectivity index (χ0n) is 10.4. The van der Waals surface area contributed by atoms with E-state index in [1.54, 1.807) is 48.5 Å². The molecule has 0 spiro atoms. The van der Waals surface area contributed by atoms with Crippen LogP contribution in [0.5, 0.6) is 0 Å². The number of rotatable bonds is 2. The predicted octanol–water partition coefficient (Wildman–Crippen LogP) is 2.24. The lowest BCUT2D eigenvalue weighted by Crippen LogP contribution is -2.26. The van der Waals surface area contributed by atoms with Crippen LogP contribution in [0.2, 0.25) is 0 Å². The van der Waals surface area contributed by atoms with Crippen molar-refractivity contribution in [3.8, 4) is 0 Å². The van der Waals surface area contributed by atoms with E-state index >= 15 is 0 Å². The Labute approximate surface area is 116 Å². The van der Waals surface area contributed by atoms with E-state index in [0.717, 1.165) is 9.36 Å². The molecule has 4 nitrogen and oxygen atoms in total. The minimum absolute atomic E-state index is 0.0948. The van der Waals surface area contributed by atoms with Crippen molar-refractivity contribution in [3.63, 3.8) is 0 Å². The topological polar surface area (TPSA) is 56.1 Å². The van der Waals surface area contributed by atoms with Gasteiger partial charge in [0.1, 0.15) is 0 Å². The molecule has 0 bridgehead atoms. The molecule has 5 heteroatoms. The summed E-state index contributed by atoms with van der Waals surface area (Å²) in [6, 6.07) is 16.4. The predicted molar refractivity (Wildman–Crippen MR) is 77.2 cm³/mol. The van der Waals surface area contributed by atoms with Crippen molar-refractivity contribution >= 4 is 20.8 Å². The summed E-state index contributed by atoms with van der Waals surface area (Å²) in [6.07, 6.45) is 1.30. The molecule has 2 aromatic carbocycles. The molecule has 0 amide bonds. The van der Waals surface area contributed by atoms with Gasteiger partial charge in [-0.2, -0.15) is 0 Å². The Morgan fingerprint density at radius 2 is 1.45 bits per heavy atom. The van der Waals surface area contributed by atoms with E-state index in [2.05, 4.69) is 0 Å². The minimum Gasteiger partial charge on any atom is -0.268 e. The Morgan fingerprint density at radius 3 is 2.20 bits per heavy atom. The molecule has 0 saturated carbocycles. The standard InChI is InChI=1S/C15H11NO3S/c17-15-14-9-5-4-6-12(14)10-11-16(15)20(18,19)13-7-2-1-3-8-13/h1-11H. The molecular formula is C15H11NO3S. The van der Waals surface area contributed by atoms with E-state index in [1.807, 2.05) is 0 Å². The molecule has 0 N–H and O–H groups in total. The molecule has 100 valence electrons. The number of benzene rings is 2. The van der Waals surface area contributed by atoms with Gasteiger partial charge in [-0.25, -0.2) is 12.4 Å². The zero-order chi connectivity index (χ0) is 14.2. The van der Waals surface area contributed by atoms with Crippen LogP contribution in [-0.4, -0.2) is 12.4 Å². The summed E-state index contributed by atoms with van der Waals surface area (Å²) < 4.78 is 25.7. The number of fused-ring (bicyclic) bond motifs is 1. The summed E-state index contributed by atoms with van der Waals surface area (Å²) in [4.78, 5) is 12.4. The van der Waals surface area contributed by atoms with Gasteiger partial charge in [-0.3, -0.25) is 4.79 Å². The van der Waals surface area contributed by atoms with Crippen LogP contribution in [0.4, 0.5) is 0 Å². The van der Waals surface area contributed by atoms with Crippen LogP contribution in [0.1, 0.15) is 0 Å². The van der Waals surface area contributed by atoms with Crippen LogP contribution in [0, 0.1) is 0 Å². The lowest BCUT2D eigenvalue weighted by atomic mass is 10.2. The third-order valence-corrected chi connectivity index (χ3v) is 4.75. The Bertz CT molecular complexity index is 928. The Kier molecular flexibility index (Phi) is 2.91. The molecule has 1 aromatic heterocycles. The van der Waals surface area contributed by atoms with Gasteiger partial charge in [0.05, 0.1) is 4.90 Å². The number of nitrogens with zero attached hydrogens (tertiary/aromatic N) is 1. The van der Waals surface area contributed by atoms with Gasteiger partial charge in [0.15, 0.2) is 0 Å². The van der Waals surface area contributed by atoms with E-state index in [1.165, 1.54) is 18.3 Å². The molecular weight excluding hydrogens is 274 g/mol. The Morgan fingerprint density at radius 1 is 0.800 bits per heavy atom. The van der Waals surface area contributed by atoms with Crippen molar-refractivity contribution in [1.82, 2.24) is 3.97 Å². The monoisotopic (exact) mass is 285 g/mol. The molecule has 0 atom stereocenters. The number of hydrogen-bond acceptors (Lipinski definition) is 3. The highest BCUT2D eigenvalue weighted by atomic mass is 32.2. The van der Waals surface area contributed by atoms with Crippen molar-refractivity contribution in [1.29, 1.82) is 0 Å². The van der Waals surface area contributed by atoms with Crippen LogP contribution in [-0.2, 0) is 10.0 Å². The first-order chi connectivity index (χ1) is 9.60. The van der Waals surface area contributed by atoms with Crippen LogP contribution >= 0.6 is 0 Å². The van der Waals surface area contributed by atoms with Gasteiger partial charge in [0, 0.05) is 11.6 Å². The summed E-state index contributed by atoms with van der Waals surface area (Å²) in [6.45, 7) is 0. The fraction of sp³-hybridized carbons (Fsp3) is 0. The quantitative estimate of drug-likeness (QED) is 0.725. The number of aromatic nitrogens is 1. The van der Waals surface area contributed by atoms with Crippen LogP contribution in [0.25, 0.3) is 10.8 Å². The third kappa shape index (κ3) is 1.92. The van der Waals surface area contributed by atoms with Gasteiger partial charge in [0.25, 0.3) is 15.6 Å². The fourth-order valence-electron chi connectivity index (χ4n) is 2.07. The van der Waals surface area contributed by atoms with E-state index < -0.39 is 15.6 Å². The summed E-state index contributed by atoms with van der Waals surface area (Å²) in [5.74, 6) is 0. The largest absolute Gasteiger partial charge is 0.272 e. The maximum atomic E-state index is 12.5. The molecule has 3 aromatic rings. The second kappa shape index (κ2) is 4.61. The lowest BCUT2D eigenvalue weighted by Gasteiger charge is -2.08. The molecule has 0 radical (unpaired) electrons. The number of hydrogen-bond donors (Lipinski definition) is 0. The van der Waals surface area contributed by atoms with Crippen molar-refractivity contribution in [2.24, 2.45) is 0 Å². The molecule has 0 aliphatic rings. The van der Waals surface area contributed by atoms with Crippen molar-refractivity contribution in [2.45, 2.75) is 4.90 Å². The molecule has 20 heavy (non-hydrogen) atoms. The van der Waals surface area contributed by atoms with Crippen molar-refractivity contribution < 1.29 is 8.42 Å². The maximum absolute atomic E-state index is 12.5. The zero-order valence-corrected chi connectivity index (χ0v) is 11.2. The second-order valence-corrected chi connectivity index (χ2v) is 6.14. The first-order valence-electron chi connectivity index (χ1n) is 6.02. The molecule has 0 aliphatic heterocycles. The molecule has 1 heterocycles. The lowest BCUT2D eigenvalue weighted by molar-refractivity contribution is 0.585. The van der Waals surface area contributed by atoms with Gasteiger partial charge in [-0.05, 0) is 29.7 Å². The molecule has 3 rings (SSSR count). The van der Waals surface area contributed by atoms with Crippen molar-refractivity contribution in [2.75, 3.05) is 0 Å². The summed E-state index contributed by atoms with van der Waals surface area (Å²) in [7, 11) is -3.86. The maximum Gasteiger partial charge on any atom is 0.272 e. The SMILES string of the molecule is O=c1c2ccccc2ccn1S(=O)(=O)c1ccccc1. The van der Waals surface area contributed by atoms with Gasteiger partial charge in [-0.15, -0.1) is 0 Å². The molecule has 0 aliphatic carbocycles. The summed E-state index contributed by atoms with van der Waals surface area (Å²) in [5.41, 5.74) is -0.535. The third-order valence-electron chi connectivity index (χ3n) is 3.08. The van der Waals surface area contributed by atoms with Gasteiger partial charge >= 0.3 is 0 Å². The van der Waals surface area contributed by atoms with Crippen LogP contribution in [0.15, 0.2) is 76.6 Å². The van der Waals surface area contributed by atoms with Crippen LogP contribution < -0.4 is 5.56 Å². The highest BCUT2D eigenvalue weighted by Crippen LogP contribution is 2.14. The van der Waals surface area contributed by atoms with Gasteiger partial charge < -0.3 is 0 Å². The first kappa shape index (κ1) is 12.6. The van der Waals surface area contributed by atoms with E-state index in [-0.39, 0.29) is 4.90 Å². The molecule has 0 unspecified atom stereocenters. The average molecular weight is 285 g/mol. The normalized spacial score (nSPS) is 11.6. The van der Waals surface area contributed by atoms with Crippen LogP contribution in [0.3, 0.4) is 0 Å². The Hall–Kier alpha value is -2.40. The van der Waals surface area contributed by atoms with E-state index in [0.29, 0.717) is 5.39 Å². The Balaban J connectivity index is 2.31. The van der Waals surface area contributed by atoms with Gasteiger partial charge in [-0.1, -0.05) is 36.4 Å². The molecule has 0 saturated heterocycles. The summed E-state index contributed by atoms with van der Waals surface area (Å²) >= 11 is 0. The van der Waals surface area contributed by atoms with Crippen molar-refractivity contribution in [3.05, 3.63) is 77.2 Å². The van der Waals surface area contributed by atoms with E-state index in [4.69, 9.17) is 0 Å². The smallest absolute Gasteiger partial charge is 0.268 e. The summed E-state index contributed by atoms with van der Waals surface area (Å²) in [5, 5.41) is 1.10.